The highest BCUT2D eigenvalue weighted by molar-refractivity contribution is 5.78. The van der Waals surface area contributed by atoms with Crippen molar-refractivity contribution >= 4 is 17.0 Å². The lowest BCUT2D eigenvalue weighted by molar-refractivity contribution is -0.0371. The van der Waals surface area contributed by atoms with E-state index >= 15 is 0 Å². The van der Waals surface area contributed by atoms with Gasteiger partial charge in [-0.05, 0) is 45.1 Å². The Bertz CT molecular complexity index is 1230. The summed E-state index contributed by atoms with van der Waals surface area (Å²) in [6.07, 6.45) is 6.59. The summed E-state index contributed by atoms with van der Waals surface area (Å²) >= 11 is 0. The standard InChI is InChI=1S/C22H30N8O2.C2H6/c1-14-17-19(30(26-14)16-5-3-4-12-32-16)25-21(27(2)20(17)31)28-10-7-22(8-11-28)13-29-15(18(22)23)6-9-24-29;1-2/h6,9,16,18H,3-5,7-8,10-13,23H2,1-2H3;1-2H3. The lowest BCUT2D eigenvalue weighted by atomic mass is 9.74. The zero-order chi connectivity index (χ0) is 24.0. The third-order valence-corrected chi connectivity index (χ3v) is 7.75. The summed E-state index contributed by atoms with van der Waals surface area (Å²) in [5.74, 6) is 0.693. The van der Waals surface area contributed by atoms with Crippen molar-refractivity contribution < 1.29 is 4.74 Å². The van der Waals surface area contributed by atoms with E-state index in [2.05, 4.69) is 15.1 Å². The first kappa shape index (κ1) is 23.0. The Hall–Kier alpha value is -2.72. The van der Waals surface area contributed by atoms with Gasteiger partial charge in [-0.3, -0.25) is 14.0 Å². The predicted molar refractivity (Wildman–Crippen MR) is 131 cm³/mol. The molecule has 34 heavy (non-hydrogen) atoms. The molecule has 3 aliphatic heterocycles. The van der Waals surface area contributed by atoms with Gasteiger partial charge in [0, 0.05) is 44.9 Å². The van der Waals surface area contributed by atoms with Crippen LogP contribution < -0.4 is 16.2 Å². The van der Waals surface area contributed by atoms with Crippen molar-refractivity contribution in [1.82, 2.24) is 29.1 Å². The first-order valence-electron chi connectivity index (χ1n) is 12.6. The number of aromatic nitrogens is 6. The summed E-state index contributed by atoms with van der Waals surface area (Å²) in [6, 6.07) is 2.03. The number of hydrogen-bond donors (Lipinski definition) is 1. The van der Waals surface area contributed by atoms with Crippen molar-refractivity contribution in [3.05, 3.63) is 34.0 Å². The molecular formula is C24H36N8O2. The van der Waals surface area contributed by atoms with Gasteiger partial charge in [-0.2, -0.15) is 15.2 Å². The fourth-order valence-corrected chi connectivity index (χ4v) is 5.79. The number of ether oxygens (including phenoxy) is 1. The van der Waals surface area contributed by atoms with Crippen LogP contribution in [0.25, 0.3) is 11.0 Å². The summed E-state index contributed by atoms with van der Waals surface area (Å²) in [5, 5.41) is 9.68. The fourth-order valence-electron chi connectivity index (χ4n) is 5.79. The first-order valence-corrected chi connectivity index (χ1v) is 12.6. The molecule has 6 heterocycles. The zero-order valence-corrected chi connectivity index (χ0v) is 20.7. The van der Waals surface area contributed by atoms with Crippen LogP contribution in [0.1, 0.15) is 69.6 Å². The number of aryl methyl sites for hydroxylation is 1. The minimum Gasteiger partial charge on any atom is -0.356 e. The highest BCUT2D eigenvalue weighted by atomic mass is 16.5. The summed E-state index contributed by atoms with van der Waals surface area (Å²) < 4.78 is 11.5. The average Bonchev–Trinajstić information content (AvgIpc) is 3.53. The molecule has 2 N–H and O–H groups in total. The van der Waals surface area contributed by atoms with Crippen LogP contribution in [0.15, 0.2) is 17.1 Å². The smallest absolute Gasteiger partial charge is 0.266 e. The molecule has 1 spiro atoms. The first-order chi connectivity index (χ1) is 16.5. The molecule has 3 aromatic rings. The van der Waals surface area contributed by atoms with E-state index in [1.54, 1.807) is 11.6 Å². The van der Waals surface area contributed by atoms with Crippen LogP contribution >= 0.6 is 0 Å². The van der Waals surface area contributed by atoms with Crippen molar-refractivity contribution in [3.8, 4) is 0 Å². The Kier molecular flexibility index (Phi) is 5.97. The minimum absolute atomic E-state index is 0.000981. The van der Waals surface area contributed by atoms with Gasteiger partial charge in [0.05, 0.1) is 17.4 Å². The lowest BCUT2D eigenvalue weighted by Crippen LogP contribution is -2.46. The van der Waals surface area contributed by atoms with E-state index in [4.69, 9.17) is 15.5 Å². The van der Waals surface area contributed by atoms with E-state index < -0.39 is 0 Å². The fraction of sp³-hybridized carbons (Fsp3) is 0.667. The Morgan fingerprint density at radius 2 is 1.97 bits per heavy atom. The molecule has 2 fully saturated rings. The van der Waals surface area contributed by atoms with E-state index in [-0.39, 0.29) is 23.2 Å². The SMILES string of the molecule is CC.Cc1nn(C2CCCCO2)c2nc(N3CCC4(CC3)Cn3nccc3C4N)n(C)c(=O)c12. The number of hydrogen-bond acceptors (Lipinski definition) is 7. The van der Waals surface area contributed by atoms with Gasteiger partial charge in [0.1, 0.15) is 5.39 Å². The van der Waals surface area contributed by atoms with Crippen LogP contribution in [-0.4, -0.2) is 48.8 Å². The van der Waals surface area contributed by atoms with E-state index in [0.29, 0.717) is 29.3 Å². The molecule has 0 saturated carbocycles. The highest BCUT2D eigenvalue weighted by Crippen LogP contribution is 2.47. The highest BCUT2D eigenvalue weighted by Gasteiger charge is 2.47. The van der Waals surface area contributed by atoms with Gasteiger partial charge in [0.2, 0.25) is 5.95 Å². The third-order valence-electron chi connectivity index (χ3n) is 7.75. The van der Waals surface area contributed by atoms with E-state index in [1.807, 2.05) is 42.4 Å². The van der Waals surface area contributed by atoms with Gasteiger partial charge in [-0.25, -0.2) is 4.68 Å². The van der Waals surface area contributed by atoms with Gasteiger partial charge in [0.15, 0.2) is 11.9 Å². The molecule has 0 amide bonds. The van der Waals surface area contributed by atoms with Crippen LogP contribution in [0, 0.1) is 12.3 Å². The van der Waals surface area contributed by atoms with Gasteiger partial charge < -0.3 is 15.4 Å². The number of rotatable bonds is 2. The summed E-state index contributed by atoms with van der Waals surface area (Å²) in [4.78, 5) is 20.5. The van der Waals surface area contributed by atoms with E-state index in [0.717, 1.165) is 57.4 Å². The molecule has 0 aromatic carbocycles. The van der Waals surface area contributed by atoms with Crippen LogP contribution in [0.3, 0.4) is 0 Å². The molecule has 0 bridgehead atoms. The monoisotopic (exact) mass is 468 g/mol. The third kappa shape index (κ3) is 3.46. The number of fused-ring (bicyclic) bond motifs is 2. The normalized spacial score (nSPS) is 23.7. The van der Waals surface area contributed by atoms with Gasteiger partial charge in [0.25, 0.3) is 5.56 Å². The van der Waals surface area contributed by atoms with Crippen molar-refractivity contribution in [3.63, 3.8) is 0 Å². The van der Waals surface area contributed by atoms with Gasteiger partial charge in [-0.1, -0.05) is 13.8 Å². The molecular weight excluding hydrogens is 432 g/mol. The van der Waals surface area contributed by atoms with E-state index in [1.165, 1.54) is 0 Å². The quantitative estimate of drug-likeness (QED) is 0.616. The van der Waals surface area contributed by atoms with Gasteiger partial charge in [-0.15, -0.1) is 0 Å². The molecule has 2 unspecified atom stereocenters. The average molecular weight is 469 g/mol. The maximum Gasteiger partial charge on any atom is 0.266 e. The number of nitrogens with zero attached hydrogens (tertiary/aromatic N) is 7. The molecule has 3 aromatic heterocycles. The molecule has 10 heteroatoms. The maximum absolute atomic E-state index is 13.3. The Balaban J connectivity index is 0.00000117. The van der Waals surface area contributed by atoms with Crippen molar-refractivity contribution in [2.24, 2.45) is 18.2 Å². The van der Waals surface area contributed by atoms with Gasteiger partial charge >= 0.3 is 0 Å². The Labute approximate surface area is 199 Å². The second-order valence-corrected chi connectivity index (χ2v) is 9.57. The number of piperidine rings is 1. The Morgan fingerprint density at radius 3 is 2.65 bits per heavy atom. The second-order valence-electron chi connectivity index (χ2n) is 9.57. The largest absolute Gasteiger partial charge is 0.356 e. The summed E-state index contributed by atoms with van der Waals surface area (Å²) in [6.45, 7) is 9.06. The molecule has 6 rings (SSSR count). The minimum atomic E-state index is -0.157. The molecule has 184 valence electrons. The Morgan fingerprint density at radius 1 is 1.21 bits per heavy atom. The van der Waals surface area contributed by atoms with Crippen LogP contribution in [0.2, 0.25) is 0 Å². The number of anilines is 1. The van der Waals surface area contributed by atoms with Crippen LogP contribution in [0.4, 0.5) is 5.95 Å². The van der Waals surface area contributed by atoms with Crippen LogP contribution in [0.5, 0.6) is 0 Å². The molecule has 2 atom stereocenters. The molecule has 0 aliphatic carbocycles. The molecule has 10 nitrogen and oxygen atoms in total. The lowest BCUT2D eigenvalue weighted by Gasteiger charge is -2.42. The molecule has 2 saturated heterocycles. The zero-order valence-electron chi connectivity index (χ0n) is 20.7. The number of nitrogens with two attached hydrogens (primary N) is 1. The van der Waals surface area contributed by atoms with Crippen LogP contribution in [-0.2, 0) is 18.3 Å². The van der Waals surface area contributed by atoms with Crippen molar-refractivity contribution in [2.75, 3.05) is 24.6 Å². The van der Waals surface area contributed by atoms with Crippen molar-refractivity contribution in [1.29, 1.82) is 0 Å². The predicted octanol–water partition coefficient (Wildman–Crippen LogP) is 2.66. The second kappa shape index (κ2) is 8.81. The molecule has 0 radical (unpaired) electrons. The van der Waals surface area contributed by atoms with Crippen molar-refractivity contribution in [2.45, 2.75) is 71.7 Å². The maximum atomic E-state index is 13.3. The topological polar surface area (TPSA) is 109 Å². The summed E-state index contributed by atoms with van der Waals surface area (Å²) in [5.41, 5.74) is 9.07. The van der Waals surface area contributed by atoms with E-state index in [9.17, 15) is 4.79 Å². The molecule has 3 aliphatic rings. The summed E-state index contributed by atoms with van der Waals surface area (Å²) in [7, 11) is 1.80.